The number of pyridine rings is 1. The van der Waals surface area contributed by atoms with E-state index in [4.69, 9.17) is 0 Å². The van der Waals surface area contributed by atoms with Gasteiger partial charge in [0.2, 0.25) is 5.91 Å². The van der Waals surface area contributed by atoms with E-state index in [1.807, 2.05) is 6.07 Å². The molecule has 0 bridgehead atoms. The third-order valence-electron chi connectivity index (χ3n) is 5.19. The molecule has 1 fully saturated rings. The maximum atomic E-state index is 13.9. The minimum atomic E-state index is -4.42. The first-order valence-corrected chi connectivity index (χ1v) is 9.44. The fourth-order valence-electron chi connectivity index (χ4n) is 3.57. The Balaban J connectivity index is 1.36. The zero-order valence-corrected chi connectivity index (χ0v) is 16.0. The van der Waals surface area contributed by atoms with Gasteiger partial charge in [-0.2, -0.15) is 13.2 Å². The summed E-state index contributed by atoms with van der Waals surface area (Å²) in [4.78, 5) is 19.6. The first kappa shape index (κ1) is 20.2. The number of fused-ring (bicyclic) bond motifs is 1. The molecule has 1 amide bonds. The van der Waals surface area contributed by atoms with Crippen LogP contribution < -0.4 is 10.1 Å². The molecule has 5 nitrogen and oxygen atoms in total. The molecule has 0 unspecified atom stereocenters. The first-order valence-electron chi connectivity index (χ1n) is 9.44. The third kappa shape index (κ3) is 4.24. The fourth-order valence-corrected chi connectivity index (χ4v) is 3.57. The summed E-state index contributed by atoms with van der Waals surface area (Å²) in [6.07, 6.45) is -0.808. The van der Waals surface area contributed by atoms with Crippen molar-refractivity contribution < 1.29 is 27.1 Å². The summed E-state index contributed by atoms with van der Waals surface area (Å²) >= 11 is 0. The Labute approximate surface area is 169 Å². The van der Waals surface area contributed by atoms with E-state index in [0.29, 0.717) is 17.6 Å². The molecule has 1 saturated carbocycles. The van der Waals surface area contributed by atoms with Crippen LogP contribution in [-0.4, -0.2) is 28.7 Å². The van der Waals surface area contributed by atoms with Gasteiger partial charge in [-0.05, 0) is 43.0 Å². The number of para-hydroxylation sites is 1. The highest BCUT2D eigenvalue weighted by Gasteiger charge is 2.45. The number of ether oxygens (including phenoxy) is 1. The Morgan fingerprint density at radius 2 is 2.13 bits per heavy atom. The number of nitrogens with one attached hydrogen (secondary N) is 2. The van der Waals surface area contributed by atoms with Gasteiger partial charge in [0.15, 0.2) is 6.61 Å². The predicted molar refractivity (Wildman–Crippen MR) is 101 cm³/mol. The van der Waals surface area contributed by atoms with E-state index in [9.17, 15) is 22.4 Å². The van der Waals surface area contributed by atoms with Crippen molar-refractivity contribution in [2.75, 3.05) is 6.61 Å². The number of nitrogens with zero attached hydrogens (tertiary/aromatic N) is 1. The Hall–Kier alpha value is -3.10. The lowest BCUT2D eigenvalue weighted by atomic mass is 10.1. The van der Waals surface area contributed by atoms with Gasteiger partial charge in [0, 0.05) is 17.5 Å². The number of benzene rings is 1. The molecule has 1 aliphatic carbocycles. The van der Waals surface area contributed by atoms with Crippen LogP contribution in [-0.2, 0) is 4.79 Å². The standard InChI is InChI=1S/C21H19F4N3O2/c1-11(18-6-5-12(8-26-18)30-10-21(23,24)25)28-20(29)15-7-14(15)16-9-27-19-13(16)3-2-4-17(19)22/h2-6,8-9,11,14-15,27H,7,10H2,1H3,(H,28,29)/t11-,14-,15-/m1/s1. The number of hydrogen-bond acceptors (Lipinski definition) is 3. The van der Waals surface area contributed by atoms with Crippen LogP contribution in [0.25, 0.3) is 10.9 Å². The summed E-state index contributed by atoms with van der Waals surface area (Å²) in [6.45, 7) is 0.357. The SMILES string of the molecule is C[C@@H](NC(=O)[C@@H]1C[C@H]1c1c[nH]c2c(F)cccc12)c1ccc(OCC(F)(F)F)cn1. The number of carbonyl (C=O) groups excluding carboxylic acids is 1. The average molecular weight is 421 g/mol. The van der Waals surface area contributed by atoms with Crippen LogP contribution in [0.1, 0.15) is 36.6 Å². The van der Waals surface area contributed by atoms with Crippen LogP contribution in [0, 0.1) is 11.7 Å². The van der Waals surface area contributed by atoms with E-state index in [1.165, 1.54) is 24.4 Å². The van der Waals surface area contributed by atoms with Crippen molar-refractivity contribution in [2.45, 2.75) is 31.5 Å². The van der Waals surface area contributed by atoms with Crippen LogP contribution in [0.2, 0.25) is 0 Å². The van der Waals surface area contributed by atoms with Gasteiger partial charge in [-0.1, -0.05) is 12.1 Å². The van der Waals surface area contributed by atoms with Gasteiger partial charge in [0.1, 0.15) is 11.6 Å². The Kier molecular flexibility index (Phi) is 5.13. The van der Waals surface area contributed by atoms with Gasteiger partial charge in [0.05, 0.1) is 23.4 Å². The Morgan fingerprint density at radius 1 is 1.33 bits per heavy atom. The molecule has 1 aromatic carbocycles. The van der Waals surface area contributed by atoms with E-state index < -0.39 is 18.8 Å². The van der Waals surface area contributed by atoms with Crippen molar-refractivity contribution in [1.29, 1.82) is 0 Å². The van der Waals surface area contributed by atoms with Gasteiger partial charge in [-0.25, -0.2) is 4.39 Å². The zero-order chi connectivity index (χ0) is 21.5. The third-order valence-corrected chi connectivity index (χ3v) is 5.19. The molecule has 0 saturated heterocycles. The second kappa shape index (κ2) is 7.62. The van der Waals surface area contributed by atoms with Crippen LogP contribution in [0.15, 0.2) is 42.7 Å². The molecular weight excluding hydrogens is 402 g/mol. The maximum absolute atomic E-state index is 13.9. The number of carbonyl (C=O) groups is 1. The summed E-state index contributed by atoms with van der Waals surface area (Å²) < 4.78 is 55.1. The largest absolute Gasteiger partial charge is 0.483 e. The molecule has 2 N–H and O–H groups in total. The van der Waals surface area contributed by atoms with Gasteiger partial charge in [-0.15, -0.1) is 0 Å². The summed E-state index contributed by atoms with van der Waals surface area (Å²) in [5.41, 5.74) is 1.86. The number of alkyl halides is 3. The second-order valence-electron chi connectivity index (χ2n) is 7.41. The summed E-state index contributed by atoms with van der Waals surface area (Å²) in [5, 5.41) is 3.66. The van der Waals surface area contributed by atoms with Gasteiger partial charge in [-0.3, -0.25) is 9.78 Å². The number of aromatic amines is 1. The molecule has 0 radical (unpaired) electrons. The first-order chi connectivity index (χ1) is 14.2. The van der Waals surface area contributed by atoms with Crippen molar-refractivity contribution in [3.8, 4) is 5.75 Å². The molecule has 158 valence electrons. The molecule has 3 aromatic rings. The van der Waals surface area contributed by atoms with Crippen molar-refractivity contribution in [2.24, 2.45) is 5.92 Å². The topological polar surface area (TPSA) is 67.0 Å². The fraction of sp³-hybridized carbons (Fsp3) is 0.333. The van der Waals surface area contributed by atoms with E-state index in [0.717, 1.165) is 10.9 Å². The minimum absolute atomic E-state index is 0.00317. The van der Waals surface area contributed by atoms with Crippen molar-refractivity contribution in [3.05, 3.63) is 59.8 Å². The maximum Gasteiger partial charge on any atom is 0.422 e. The van der Waals surface area contributed by atoms with Crippen molar-refractivity contribution in [1.82, 2.24) is 15.3 Å². The van der Waals surface area contributed by atoms with Crippen LogP contribution >= 0.6 is 0 Å². The predicted octanol–water partition coefficient (Wildman–Crippen LogP) is 4.62. The Bertz CT molecular complexity index is 1060. The smallest absolute Gasteiger partial charge is 0.422 e. The lowest BCUT2D eigenvalue weighted by Gasteiger charge is -2.14. The molecule has 4 rings (SSSR count). The van der Waals surface area contributed by atoms with E-state index in [1.54, 1.807) is 19.2 Å². The quantitative estimate of drug-likeness (QED) is 0.571. The summed E-state index contributed by atoms with van der Waals surface area (Å²) in [6, 6.07) is 7.33. The van der Waals surface area contributed by atoms with Gasteiger partial charge in [0.25, 0.3) is 0 Å². The van der Waals surface area contributed by atoms with E-state index >= 15 is 0 Å². The molecule has 2 heterocycles. The second-order valence-corrected chi connectivity index (χ2v) is 7.41. The van der Waals surface area contributed by atoms with Gasteiger partial charge < -0.3 is 15.0 Å². The summed E-state index contributed by atoms with van der Waals surface area (Å²) in [7, 11) is 0. The van der Waals surface area contributed by atoms with Crippen LogP contribution in [0.3, 0.4) is 0 Å². The molecule has 30 heavy (non-hydrogen) atoms. The molecule has 1 aliphatic rings. The highest BCUT2D eigenvalue weighted by atomic mass is 19.4. The van der Waals surface area contributed by atoms with E-state index in [-0.39, 0.29) is 29.3 Å². The van der Waals surface area contributed by atoms with Crippen LogP contribution in [0.4, 0.5) is 17.6 Å². The minimum Gasteiger partial charge on any atom is -0.483 e. The van der Waals surface area contributed by atoms with Gasteiger partial charge >= 0.3 is 6.18 Å². The lowest BCUT2D eigenvalue weighted by Crippen LogP contribution is -2.29. The summed E-state index contributed by atoms with van der Waals surface area (Å²) in [5.74, 6) is -0.674. The monoisotopic (exact) mass is 421 g/mol. The molecule has 9 heteroatoms. The molecule has 0 spiro atoms. The average Bonchev–Trinajstić information content (AvgIpc) is 3.38. The van der Waals surface area contributed by atoms with Crippen molar-refractivity contribution >= 4 is 16.8 Å². The molecule has 0 aliphatic heterocycles. The number of H-pyrrole nitrogens is 1. The number of hydrogen-bond donors (Lipinski definition) is 2. The highest BCUT2D eigenvalue weighted by Crippen LogP contribution is 2.50. The number of rotatable bonds is 6. The molecule has 2 aromatic heterocycles. The number of amides is 1. The number of halogens is 4. The normalized spacial score (nSPS) is 19.5. The molecular formula is C21H19F4N3O2. The number of aromatic nitrogens is 2. The molecule has 3 atom stereocenters. The zero-order valence-electron chi connectivity index (χ0n) is 16.0. The van der Waals surface area contributed by atoms with Crippen molar-refractivity contribution in [3.63, 3.8) is 0 Å². The Morgan fingerprint density at radius 3 is 2.83 bits per heavy atom. The lowest BCUT2D eigenvalue weighted by molar-refractivity contribution is -0.153. The highest BCUT2D eigenvalue weighted by molar-refractivity contribution is 5.88. The van der Waals surface area contributed by atoms with E-state index in [2.05, 4.69) is 20.0 Å². The van der Waals surface area contributed by atoms with Crippen LogP contribution in [0.5, 0.6) is 5.75 Å².